The molecule has 1 aliphatic rings. The zero-order chi connectivity index (χ0) is 24.0. The summed E-state index contributed by atoms with van der Waals surface area (Å²) in [5, 5.41) is 7.47. The van der Waals surface area contributed by atoms with Crippen molar-refractivity contribution in [2.75, 3.05) is 27.4 Å². The number of carbonyl (C=O) groups excluding carboxylic acids is 3. The third kappa shape index (κ3) is 5.88. The highest BCUT2D eigenvalue weighted by atomic mass is 16.5. The van der Waals surface area contributed by atoms with Gasteiger partial charge in [0.05, 0.1) is 32.6 Å². The van der Waals surface area contributed by atoms with Crippen LogP contribution in [0.3, 0.4) is 0 Å². The van der Waals surface area contributed by atoms with E-state index in [1.54, 1.807) is 12.1 Å². The van der Waals surface area contributed by atoms with E-state index in [2.05, 4.69) is 4.74 Å². The second-order valence-electron chi connectivity index (χ2n) is 7.74. The Morgan fingerprint density at radius 1 is 1.00 bits per heavy atom. The van der Waals surface area contributed by atoms with Crippen molar-refractivity contribution < 1.29 is 28.6 Å². The van der Waals surface area contributed by atoms with Gasteiger partial charge >= 0.3 is 11.9 Å². The van der Waals surface area contributed by atoms with Crippen LogP contribution in [-0.4, -0.2) is 62.0 Å². The number of esters is 2. The number of benzene rings is 2. The zero-order valence-corrected chi connectivity index (χ0v) is 18.6. The number of methoxy groups -OCH3 is 2. The fraction of sp³-hybridized carbons (Fsp3) is 0.333. The summed E-state index contributed by atoms with van der Waals surface area (Å²) in [4.78, 5) is 37.6. The minimum atomic E-state index is -0.559. The molecule has 0 bridgehead atoms. The SMILES string of the molecule is COC(=O)C[C@@H]1C[C@@H](COc2ccc(-c3ccc(C(=N)N)cc3)cc2)N(CC(=O)OC)C1=O. The lowest BCUT2D eigenvalue weighted by Crippen LogP contribution is -2.41. The Labute approximate surface area is 191 Å². The number of likely N-dealkylation sites (tertiary alicyclic amines) is 1. The predicted molar refractivity (Wildman–Crippen MR) is 121 cm³/mol. The van der Waals surface area contributed by atoms with Crippen LogP contribution in [0, 0.1) is 11.3 Å². The Morgan fingerprint density at radius 2 is 1.58 bits per heavy atom. The van der Waals surface area contributed by atoms with Gasteiger partial charge in [-0.05, 0) is 29.7 Å². The van der Waals surface area contributed by atoms with Crippen molar-refractivity contribution in [3.05, 3.63) is 54.1 Å². The average Bonchev–Trinajstić information content (AvgIpc) is 3.11. The third-order valence-corrected chi connectivity index (χ3v) is 5.62. The molecule has 174 valence electrons. The van der Waals surface area contributed by atoms with E-state index in [1.807, 2.05) is 36.4 Å². The molecule has 2 aromatic rings. The number of rotatable bonds is 9. The molecule has 3 N–H and O–H groups in total. The summed E-state index contributed by atoms with van der Waals surface area (Å²) in [5.74, 6) is -1.22. The highest BCUT2D eigenvalue weighted by molar-refractivity contribution is 5.95. The monoisotopic (exact) mass is 453 g/mol. The summed E-state index contributed by atoms with van der Waals surface area (Å²) in [5.41, 5.74) is 8.10. The van der Waals surface area contributed by atoms with Crippen LogP contribution in [-0.2, 0) is 23.9 Å². The van der Waals surface area contributed by atoms with Gasteiger partial charge in [0.2, 0.25) is 5.91 Å². The molecule has 1 fully saturated rings. The van der Waals surface area contributed by atoms with Crippen molar-refractivity contribution in [1.82, 2.24) is 4.90 Å². The first-order valence-corrected chi connectivity index (χ1v) is 10.4. The fourth-order valence-corrected chi connectivity index (χ4v) is 3.77. The molecule has 1 aliphatic heterocycles. The van der Waals surface area contributed by atoms with E-state index in [4.69, 9.17) is 20.6 Å². The van der Waals surface area contributed by atoms with Crippen molar-refractivity contribution in [3.63, 3.8) is 0 Å². The molecule has 0 spiro atoms. The molecule has 3 rings (SSSR count). The summed E-state index contributed by atoms with van der Waals surface area (Å²) in [6.45, 7) is -0.0245. The van der Waals surface area contributed by atoms with Gasteiger partial charge in [0.25, 0.3) is 0 Å². The molecule has 33 heavy (non-hydrogen) atoms. The molecule has 0 aromatic heterocycles. The Morgan fingerprint density at radius 3 is 2.12 bits per heavy atom. The number of nitrogen functional groups attached to an aromatic ring is 1. The first-order valence-electron chi connectivity index (χ1n) is 10.4. The molecule has 1 amide bonds. The number of ether oxygens (including phenoxy) is 3. The zero-order valence-electron chi connectivity index (χ0n) is 18.6. The number of hydrogen-bond acceptors (Lipinski definition) is 7. The van der Waals surface area contributed by atoms with Gasteiger partial charge in [0.15, 0.2) is 0 Å². The van der Waals surface area contributed by atoms with Crippen LogP contribution < -0.4 is 10.5 Å². The van der Waals surface area contributed by atoms with E-state index < -0.39 is 17.9 Å². The van der Waals surface area contributed by atoms with Gasteiger partial charge in [0.1, 0.15) is 24.7 Å². The first kappa shape index (κ1) is 23.8. The van der Waals surface area contributed by atoms with Gasteiger partial charge in [-0.25, -0.2) is 0 Å². The van der Waals surface area contributed by atoms with E-state index in [0.717, 1.165) is 11.1 Å². The number of amides is 1. The molecule has 2 atom stereocenters. The Kier molecular flexibility index (Phi) is 7.66. The van der Waals surface area contributed by atoms with Gasteiger partial charge in [-0.3, -0.25) is 19.8 Å². The highest BCUT2D eigenvalue weighted by Crippen LogP contribution is 2.29. The molecule has 0 unspecified atom stereocenters. The Hall–Kier alpha value is -3.88. The lowest BCUT2D eigenvalue weighted by atomic mass is 10.0. The molecule has 9 nitrogen and oxygen atoms in total. The third-order valence-electron chi connectivity index (χ3n) is 5.62. The lowest BCUT2D eigenvalue weighted by molar-refractivity contribution is -0.148. The van der Waals surface area contributed by atoms with Crippen molar-refractivity contribution in [1.29, 1.82) is 5.41 Å². The summed E-state index contributed by atoms with van der Waals surface area (Å²) >= 11 is 0. The minimum Gasteiger partial charge on any atom is -0.491 e. The van der Waals surface area contributed by atoms with Crippen LogP contribution in [0.4, 0.5) is 0 Å². The number of nitrogens with zero attached hydrogens (tertiary/aromatic N) is 1. The van der Waals surface area contributed by atoms with Gasteiger partial charge in [-0.1, -0.05) is 36.4 Å². The van der Waals surface area contributed by atoms with Gasteiger partial charge in [0, 0.05) is 5.56 Å². The second kappa shape index (κ2) is 10.6. The van der Waals surface area contributed by atoms with Crippen LogP contribution in [0.25, 0.3) is 11.1 Å². The summed E-state index contributed by atoms with van der Waals surface area (Å²) < 4.78 is 15.3. The number of amidine groups is 1. The fourth-order valence-electron chi connectivity index (χ4n) is 3.77. The van der Waals surface area contributed by atoms with Gasteiger partial charge in [-0.15, -0.1) is 0 Å². The van der Waals surface area contributed by atoms with Crippen molar-refractivity contribution in [2.45, 2.75) is 18.9 Å². The molecule has 0 aliphatic carbocycles. The van der Waals surface area contributed by atoms with E-state index in [0.29, 0.717) is 17.7 Å². The molecule has 0 saturated carbocycles. The van der Waals surface area contributed by atoms with Gasteiger partial charge in [-0.2, -0.15) is 0 Å². The standard InChI is InChI=1S/C24H27N3O6/c1-31-21(28)12-18-11-19(27(24(18)30)13-22(29)32-2)14-33-20-9-7-16(8-10-20)15-3-5-17(6-4-15)23(25)26/h3-10,18-19H,11-14H2,1-2H3,(H3,25,26)/t18-,19-/m0/s1. The van der Waals surface area contributed by atoms with Gasteiger partial charge < -0.3 is 24.8 Å². The molecule has 9 heteroatoms. The van der Waals surface area contributed by atoms with E-state index in [-0.39, 0.29) is 37.4 Å². The second-order valence-corrected chi connectivity index (χ2v) is 7.74. The molecule has 2 aromatic carbocycles. The van der Waals surface area contributed by atoms with Crippen LogP contribution >= 0.6 is 0 Å². The number of carbonyl (C=O) groups is 3. The number of nitrogens with one attached hydrogen (secondary N) is 1. The van der Waals surface area contributed by atoms with E-state index in [9.17, 15) is 14.4 Å². The Bertz CT molecular complexity index is 1020. The molecule has 0 radical (unpaired) electrons. The quantitative estimate of drug-likeness (QED) is 0.337. The lowest BCUT2D eigenvalue weighted by Gasteiger charge is -2.23. The smallest absolute Gasteiger partial charge is 0.325 e. The summed E-state index contributed by atoms with van der Waals surface area (Å²) in [6, 6.07) is 14.5. The molecule has 1 saturated heterocycles. The summed E-state index contributed by atoms with van der Waals surface area (Å²) in [7, 11) is 2.53. The largest absolute Gasteiger partial charge is 0.491 e. The number of hydrogen-bond donors (Lipinski definition) is 2. The van der Waals surface area contributed by atoms with Crippen molar-refractivity contribution >= 4 is 23.7 Å². The molecular weight excluding hydrogens is 426 g/mol. The maximum atomic E-state index is 12.7. The highest BCUT2D eigenvalue weighted by Gasteiger charge is 2.41. The van der Waals surface area contributed by atoms with E-state index >= 15 is 0 Å². The predicted octanol–water partition coefficient (Wildman–Crippen LogP) is 1.97. The Balaban J connectivity index is 1.66. The first-order chi connectivity index (χ1) is 15.8. The van der Waals surface area contributed by atoms with Crippen LogP contribution in [0.2, 0.25) is 0 Å². The normalized spacial score (nSPS) is 17.5. The maximum Gasteiger partial charge on any atom is 0.325 e. The molecule has 1 heterocycles. The number of nitrogens with two attached hydrogens (primary N) is 1. The van der Waals surface area contributed by atoms with Crippen molar-refractivity contribution in [2.24, 2.45) is 11.7 Å². The van der Waals surface area contributed by atoms with Crippen LogP contribution in [0.15, 0.2) is 48.5 Å². The molecular formula is C24H27N3O6. The maximum absolute atomic E-state index is 12.7. The minimum absolute atomic E-state index is 0.0192. The topological polar surface area (TPSA) is 132 Å². The summed E-state index contributed by atoms with van der Waals surface area (Å²) in [6.07, 6.45) is 0.339. The van der Waals surface area contributed by atoms with Crippen molar-refractivity contribution in [3.8, 4) is 16.9 Å². The van der Waals surface area contributed by atoms with E-state index in [1.165, 1.54) is 19.1 Å². The van der Waals surface area contributed by atoms with Crippen LogP contribution in [0.5, 0.6) is 5.75 Å². The average molecular weight is 453 g/mol. The van der Waals surface area contributed by atoms with Crippen LogP contribution in [0.1, 0.15) is 18.4 Å².